The van der Waals surface area contributed by atoms with Crippen LogP contribution in [0.2, 0.25) is 5.02 Å². The molecule has 16 heavy (non-hydrogen) atoms. The van der Waals surface area contributed by atoms with Gasteiger partial charge in [-0.2, -0.15) is 0 Å². The fourth-order valence-corrected chi connectivity index (χ4v) is 1.36. The van der Waals surface area contributed by atoms with E-state index in [2.05, 4.69) is 15.3 Å². The van der Waals surface area contributed by atoms with Crippen molar-refractivity contribution >= 4 is 17.3 Å². The molecule has 0 aromatic carbocycles. The Morgan fingerprint density at radius 1 is 1.06 bits per heavy atom. The Hall–Kier alpha value is -1.81. The van der Waals surface area contributed by atoms with Gasteiger partial charge in [0.2, 0.25) is 0 Å². The van der Waals surface area contributed by atoms with Crippen LogP contribution in [0.25, 0.3) is 0 Å². The second-order valence-electron chi connectivity index (χ2n) is 3.10. The minimum atomic E-state index is 0.537. The third kappa shape index (κ3) is 2.61. The van der Waals surface area contributed by atoms with Crippen molar-refractivity contribution in [2.24, 2.45) is 0 Å². The van der Waals surface area contributed by atoms with Gasteiger partial charge in [-0.3, -0.25) is 9.97 Å². The van der Waals surface area contributed by atoms with E-state index in [1.54, 1.807) is 30.9 Å². The van der Waals surface area contributed by atoms with Crippen molar-refractivity contribution in [3.8, 4) is 11.5 Å². The van der Waals surface area contributed by atoms with Gasteiger partial charge in [0.25, 0.3) is 0 Å². The number of hydrogen-bond acceptors (Lipinski definition) is 4. The molecule has 0 aliphatic heterocycles. The number of halogens is 1. The molecule has 0 aliphatic carbocycles. The molecular formula is C11H10ClN3O. The number of hydrogen-bond donors (Lipinski definition) is 1. The maximum Gasteiger partial charge on any atom is 0.147 e. The molecule has 2 heterocycles. The van der Waals surface area contributed by atoms with Gasteiger partial charge in [-0.25, -0.2) is 0 Å². The molecule has 0 atom stereocenters. The summed E-state index contributed by atoms with van der Waals surface area (Å²) in [5.74, 6) is 1.22. The number of rotatable bonds is 3. The standard InChI is InChI=1S/C11H10ClN3O/c1-13-9-3-11(7-15-5-9)16-10-2-8(12)4-14-6-10/h2-7,13H,1H3. The first kappa shape index (κ1) is 10.7. The van der Waals surface area contributed by atoms with Crippen LogP contribution in [0.4, 0.5) is 5.69 Å². The first-order chi connectivity index (χ1) is 7.78. The molecular weight excluding hydrogens is 226 g/mol. The topological polar surface area (TPSA) is 47.0 Å². The van der Waals surface area contributed by atoms with Gasteiger partial charge < -0.3 is 10.1 Å². The number of pyridine rings is 2. The third-order valence-corrected chi connectivity index (χ3v) is 2.12. The zero-order chi connectivity index (χ0) is 11.4. The molecule has 2 rings (SSSR count). The van der Waals surface area contributed by atoms with Crippen LogP contribution in [-0.2, 0) is 0 Å². The lowest BCUT2D eigenvalue weighted by molar-refractivity contribution is 0.478. The number of nitrogens with one attached hydrogen (secondary N) is 1. The van der Waals surface area contributed by atoms with Crippen LogP contribution in [-0.4, -0.2) is 17.0 Å². The van der Waals surface area contributed by atoms with Gasteiger partial charge in [-0.15, -0.1) is 0 Å². The van der Waals surface area contributed by atoms with E-state index in [1.807, 2.05) is 13.1 Å². The summed E-state index contributed by atoms with van der Waals surface area (Å²) in [4.78, 5) is 7.96. The third-order valence-electron chi connectivity index (χ3n) is 1.92. The van der Waals surface area contributed by atoms with Crippen molar-refractivity contribution in [2.75, 3.05) is 12.4 Å². The molecule has 0 radical (unpaired) electrons. The van der Waals surface area contributed by atoms with Gasteiger partial charge in [0, 0.05) is 25.4 Å². The molecule has 0 unspecified atom stereocenters. The van der Waals surface area contributed by atoms with Crippen molar-refractivity contribution in [2.45, 2.75) is 0 Å². The van der Waals surface area contributed by atoms with E-state index in [9.17, 15) is 0 Å². The fraction of sp³-hybridized carbons (Fsp3) is 0.0909. The maximum atomic E-state index is 5.80. The van der Waals surface area contributed by atoms with Gasteiger partial charge in [0.05, 0.1) is 29.3 Å². The van der Waals surface area contributed by atoms with Gasteiger partial charge in [-0.1, -0.05) is 11.6 Å². The Morgan fingerprint density at radius 3 is 2.44 bits per heavy atom. The van der Waals surface area contributed by atoms with E-state index >= 15 is 0 Å². The molecule has 0 aliphatic rings. The molecule has 0 amide bonds. The second-order valence-corrected chi connectivity index (χ2v) is 3.54. The van der Waals surface area contributed by atoms with Gasteiger partial charge in [0.15, 0.2) is 0 Å². The number of anilines is 1. The molecule has 82 valence electrons. The Morgan fingerprint density at radius 2 is 1.75 bits per heavy atom. The molecule has 0 spiro atoms. The normalized spacial score (nSPS) is 9.88. The van der Waals surface area contributed by atoms with E-state index in [4.69, 9.17) is 16.3 Å². The highest BCUT2D eigenvalue weighted by Crippen LogP contribution is 2.23. The summed E-state index contributed by atoms with van der Waals surface area (Å²) in [6.07, 6.45) is 6.49. The second kappa shape index (κ2) is 4.81. The fourth-order valence-electron chi connectivity index (χ4n) is 1.20. The van der Waals surface area contributed by atoms with Crippen LogP contribution in [0.1, 0.15) is 0 Å². The Balaban J connectivity index is 2.20. The molecule has 0 saturated heterocycles. The van der Waals surface area contributed by atoms with E-state index < -0.39 is 0 Å². The summed E-state index contributed by atoms with van der Waals surface area (Å²) in [7, 11) is 1.82. The summed E-state index contributed by atoms with van der Waals surface area (Å²) in [5, 5.41) is 3.52. The Bertz CT molecular complexity index is 490. The van der Waals surface area contributed by atoms with Crippen molar-refractivity contribution in [3.63, 3.8) is 0 Å². The summed E-state index contributed by atoms with van der Waals surface area (Å²) < 4.78 is 5.55. The molecule has 2 aromatic rings. The minimum Gasteiger partial charge on any atom is -0.454 e. The van der Waals surface area contributed by atoms with Crippen molar-refractivity contribution in [1.29, 1.82) is 0 Å². The largest absolute Gasteiger partial charge is 0.454 e. The van der Waals surface area contributed by atoms with Crippen LogP contribution in [0, 0.1) is 0 Å². The molecule has 1 N–H and O–H groups in total. The highest BCUT2D eigenvalue weighted by atomic mass is 35.5. The van der Waals surface area contributed by atoms with Crippen LogP contribution < -0.4 is 10.1 Å². The summed E-state index contributed by atoms with van der Waals surface area (Å²) in [5.41, 5.74) is 0.882. The lowest BCUT2D eigenvalue weighted by atomic mass is 10.4. The smallest absolute Gasteiger partial charge is 0.147 e. The molecule has 0 fully saturated rings. The summed E-state index contributed by atoms with van der Waals surface area (Å²) in [6.45, 7) is 0. The average molecular weight is 236 g/mol. The lowest BCUT2D eigenvalue weighted by Gasteiger charge is -2.06. The Labute approximate surface area is 98.3 Å². The number of nitrogens with zero attached hydrogens (tertiary/aromatic N) is 2. The SMILES string of the molecule is CNc1cncc(Oc2cncc(Cl)c2)c1. The van der Waals surface area contributed by atoms with Crippen LogP contribution in [0.15, 0.2) is 36.9 Å². The number of ether oxygens (including phenoxy) is 1. The predicted molar refractivity (Wildman–Crippen MR) is 63.1 cm³/mol. The van der Waals surface area contributed by atoms with E-state index in [0.717, 1.165) is 5.69 Å². The highest BCUT2D eigenvalue weighted by Gasteiger charge is 2.00. The molecule has 5 heteroatoms. The summed E-state index contributed by atoms with van der Waals surface area (Å²) >= 11 is 5.80. The molecule has 2 aromatic heterocycles. The van der Waals surface area contributed by atoms with Crippen LogP contribution in [0.5, 0.6) is 11.5 Å². The van der Waals surface area contributed by atoms with E-state index in [0.29, 0.717) is 16.5 Å². The zero-order valence-corrected chi connectivity index (χ0v) is 9.40. The first-order valence-corrected chi connectivity index (χ1v) is 5.07. The van der Waals surface area contributed by atoms with Crippen LogP contribution in [0.3, 0.4) is 0 Å². The summed E-state index contributed by atoms with van der Waals surface area (Å²) in [6, 6.07) is 3.54. The molecule has 0 saturated carbocycles. The molecule has 4 nitrogen and oxygen atoms in total. The highest BCUT2D eigenvalue weighted by molar-refractivity contribution is 6.30. The monoisotopic (exact) mass is 235 g/mol. The van der Waals surface area contributed by atoms with Gasteiger partial charge in [-0.05, 0) is 0 Å². The van der Waals surface area contributed by atoms with Crippen LogP contribution >= 0.6 is 11.6 Å². The number of aromatic nitrogens is 2. The van der Waals surface area contributed by atoms with Crippen molar-refractivity contribution in [3.05, 3.63) is 41.9 Å². The molecule has 0 bridgehead atoms. The maximum absolute atomic E-state index is 5.80. The lowest BCUT2D eigenvalue weighted by Crippen LogP contribution is -1.91. The predicted octanol–water partition coefficient (Wildman–Crippen LogP) is 2.96. The quantitative estimate of drug-likeness (QED) is 0.889. The van der Waals surface area contributed by atoms with Crippen molar-refractivity contribution in [1.82, 2.24) is 9.97 Å². The first-order valence-electron chi connectivity index (χ1n) is 4.69. The zero-order valence-electron chi connectivity index (χ0n) is 8.64. The van der Waals surface area contributed by atoms with E-state index in [1.165, 1.54) is 0 Å². The average Bonchev–Trinajstić information content (AvgIpc) is 2.29. The van der Waals surface area contributed by atoms with Gasteiger partial charge in [0.1, 0.15) is 11.5 Å². The van der Waals surface area contributed by atoms with Gasteiger partial charge >= 0.3 is 0 Å². The van der Waals surface area contributed by atoms with Crippen molar-refractivity contribution < 1.29 is 4.74 Å². The van der Waals surface area contributed by atoms with E-state index in [-0.39, 0.29) is 0 Å². The Kier molecular flexibility index (Phi) is 3.22. The minimum absolute atomic E-state index is 0.537.